The van der Waals surface area contributed by atoms with Crippen LogP contribution < -0.4 is 11.2 Å². The highest BCUT2D eigenvalue weighted by atomic mass is 16.5. The number of fused-ring (bicyclic) bond motifs is 4. The second kappa shape index (κ2) is 6.03. The summed E-state index contributed by atoms with van der Waals surface area (Å²) in [6, 6.07) is 6.75. The number of amidine groups is 1. The zero-order valence-corrected chi connectivity index (χ0v) is 14.6. The number of nitrogens with zero attached hydrogens (tertiary/aromatic N) is 5. The van der Waals surface area contributed by atoms with Gasteiger partial charge in [-0.25, -0.2) is 4.79 Å². The predicted molar refractivity (Wildman–Crippen MR) is 95.5 cm³/mol. The second-order valence-electron chi connectivity index (χ2n) is 6.63. The molecule has 1 aromatic heterocycles. The normalized spacial score (nSPS) is 22.0. The lowest BCUT2D eigenvalue weighted by molar-refractivity contribution is 0.184. The van der Waals surface area contributed by atoms with E-state index in [4.69, 9.17) is 5.73 Å². The number of nitrogens with one attached hydrogen (secondary N) is 1. The molecule has 2 aromatic rings. The lowest BCUT2D eigenvalue weighted by Crippen LogP contribution is -2.43. The van der Waals surface area contributed by atoms with E-state index < -0.39 is 6.04 Å². The number of anilines is 1. The number of nitrogen functional groups attached to an aromatic ring is 1. The van der Waals surface area contributed by atoms with E-state index in [1.54, 1.807) is 39.9 Å². The molecule has 0 saturated carbocycles. The monoisotopic (exact) mass is 355 g/mol. The van der Waals surface area contributed by atoms with Crippen molar-refractivity contribution < 1.29 is 10.0 Å². The second-order valence-corrected chi connectivity index (χ2v) is 6.63. The average molecular weight is 355 g/mol. The minimum Gasteiger partial charge on any atom is -0.399 e. The lowest BCUT2D eigenvalue weighted by atomic mass is 9.97. The minimum absolute atomic E-state index is 0.0282. The smallest absolute Gasteiger partial charge is 0.321 e. The summed E-state index contributed by atoms with van der Waals surface area (Å²) in [5.74, 6) is 0.314. The van der Waals surface area contributed by atoms with Crippen molar-refractivity contribution in [3.63, 3.8) is 0 Å². The lowest BCUT2D eigenvalue weighted by Gasteiger charge is -2.31. The van der Waals surface area contributed by atoms with Crippen LogP contribution in [0.3, 0.4) is 0 Å². The van der Waals surface area contributed by atoms with Crippen LogP contribution in [-0.2, 0) is 13.6 Å². The highest BCUT2D eigenvalue weighted by Gasteiger charge is 2.49. The molecule has 2 bridgehead atoms. The molecule has 0 spiro atoms. The molecule has 9 nitrogen and oxygen atoms in total. The average Bonchev–Trinajstić information content (AvgIpc) is 3.14. The first-order chi connectivity index (χ1) is 12.5. The highest BCUT2D eigenvalue weighted by Crippen LogP contribution is 2.43. The van der Waals surface area contributed by atoms with Crippen molar-refractivity contribution >= 4 is 17.6 Å². The third kappa shape index (κ3) is 2.39. The van der Waals surface area contributed by atoms with Gasteiger partial charge in [0, 0.05) is 31.9 Å². The third-order valence-electron chi connectivity index (χ3n) is 5.11. The first-order valence-corrected chi connectivity index (χ1v) is 8.35. The number of nitrogens with two attached hydrogens (primary N) is 1. The number of hydrogen-bond donors (Lipinski definition) is 3. The predicted octanol–water partition coefficient (Wildman–Crippen LogP) is 1.04. The number of hydroxylamine groups is 1. The van der Waals surface area contributed by atoms with Gasteiger partial charge >= 0.3 is 6.03 Å². The van der Waals surface area contributed by atoms with E-state index >= 15 is 0 Å². The summed E-state index contributed by atoms with van der Waals surface area (Å²) in [7, 11) is 3.61. The Hall–Kier alpha value is -3.07. The number of hydrogen-bond acceptors (Lipinski definition) is 5. The molecule has 136 valence electrons. The number of aliphatic imine (C=N–C) groups is 1. The van der Waals surface area contributed by atoms with Gasteiger partial charge in [-0.1, -0.05) is 12.1 Å². The highest BCUT2D eigenvalue weighted by molar-refractivity contribution is 5.93. The van der Waals surface area contributed by atoms with E-state index in [0.29, 0.717) is 24.6 Å². The van der Waals surface area contributed by atoms with Gasteiger partial charge in [0.15, 0.2) is 0 Å². The zero-order valence-electron chi connectivity index (χ0n) is 14.6. The number of urea groups is 1. The van der Waals surface area contributed by atoms with Crippen LogP contribution in [0.1, 0.15) is 28.9 Å². The SMILES string of the molecule is CN1C(=O)N2C[C@H]1c1cnn(C)c1[C@H]2C(=NCc1ccc(N)cc1)NO. The van der Waals surface area contributed by atoms with Crippen LogP contribution in [0.4, 0.5) is 10.5 Å². The minimum atomic E-state index is -0.509. The van der Waals surface area contributed by atoms with Crippen molar-refractivity contribution in [3.05, 3.63) is 47.3 Å². The standard InChI is InChI=1S/C17H21N7O2/c1-22-13-9-24(17(22)25)15(14-12(13)8-20-23(14)2)16(21-26)19-7-10-3-5-11(18)6-4-10/h3-6,8,13,15,26H,7,9,18H2,1-2H3,(H,19,21)/t13-,15-/m0/s1. The van der Waals surface area contributed by atoms with Crippen LogP contribution in [0.15, 0.2) is 35.5 Å². The van der Waals surface area contributed by atoms with Crippen LogP contribution in [0.5, 0.6) is 0 Å². The number of likely N-dealkylation sites (N-methyl/N-ethyl adjacent to an activating group) is 1. The van der Waals surface area contributed by atoms with Gasteiger partial charge < -0.3 is 15.5 Å². The van der Waals surface area contributed by atoms with Crippen molar-refractivity contribution in [3.8, 4) is 0 Å². The Morgan fingerprint density at radius 2 is 2.12 bits per heavy atom. The Balaban J connectivity index is 1.72. The number of benzene rings is 1. The van der Waals surface area contributed by atoms with E-state index in [-0.39, 0.29) is 12.1 Å². The van der Waals surface area contributed by atoms with Crippen LogP contribution in [-0.4, -0.2) is 50.2 Å². The van der Waals surface area contributed by atoms with E-state index in [1.807, 2.05) is 19.2 Å². The molecule has 2 atom stereocenters. The van der Waals surface area contributed by atoms with Crippen molar-refractivity contribution in [2.24, 2.45) is 12.0 Å². The van der Waals surface area contributed by atoms with Crippen molar-refractivity contribution in [1.82, 2.24) is 25.1 Å². The van der Waals surface area contributed by atoms with Gasteiger partial charge in [0.05, 0.1) is 24.5 Å². The Kier molecular flexibility index (Phi) is 3.80. The molecule has 0 radical (unpaired) electrons. The maximum Gasteiger partial charge on any atom is 0.321 e. The number of carbonyl (C=O) groups is 1. The molecule has 2 aliphatic heterocycles. The number of aryl methyl sites for hydroxylation is 1. The van der Waals surface area contributed by atoms with E-state index in [2.05, 4.69) is 15.6 Å². The molecule has 2 aliphatic rings. The largest absolute Gasteiger partial charge is 0.399 e. The topological polar surface area (TPSA) is 112 Å². The van der Waals surface area contributed by atoms with E-state index in [0.717, 1.165) is 16.8 Å². The Labute approximate surface area is 150 Å². The van der Waals surface area contributed by atoms with Gasteiger partial charge in [-0.05, 0) is 17.7 Å². The molecule has 3 heterocycles. The Morgan fingerprint density at radius 1 is 1.38 bits per heavy atom. The van der Waals surface area contributed by atoms with Gasteiger partial charge in [0.2, 0.25) is 0 Å². The molecule has 4 rings (SSSR count). The van der Waals surface area contributed by atoms with Gasteiger partial charge in [-0.3, -0.25) is 20.4 Å². The van der Waals surface area contributed by atoms with Crippen molar-refractivity contribution in [2.75, 3.05) is 19.3 Å². The van der Waals surface area contributed by atoms with Crippen molar-refractivity contribution in [2.45, 2.75) is 18.6 Å². The Bertz CT molecular complexity index is 874. The van der Waals surface area contributed by atoms with E-state index in [1.165, 1.54) is 0 Å². The fourth-order valence-electron chi connectivity index (χ4n) is 3.71. The molecule has 1 saturated heterocycles. The summed E-state index contributed by atoms with van der Waals surface area (Å²) in [6.45, 7) is 0.898. The first kappa shape index (κ1) is 16.4. The number of amides is 2. The van der Waals surface area contributed by atoms with Gasteiger partial charge in [-0.15, -0.1) is 0 Å². The summed E-state index contributed by atoms with van der Waals surface area (Å²) in [6.07, 6.45) is 1.79. The van der Waals surface area contributed by atoms with Crippen molar-refractivity contribution in [1.29, 1.82) is 0 Å². The molecule has 0 unspecified atom stereocenters. The molecule has 4 N–H and O–H groups in total. The fourth-order valence-corrected chi connectivity index (χ4v) is 3.71. The third-order valence-corrected chi connectivity index (χ3v) is 5.11. The summed E-state index contributed by atoms with van der Waals surface area (Å²) < 4.78 is 1.74. The molecular weight excluding hydrogens is 334 g/mol. The maximum absolute atomic E-state index is 12.7. The Morgan fingerprint density at radius 3 is 2.81 bits per heavy atom. The van der Waals surface area contributed by atoms with Gasteiger partial charge in [-0.2, -0.15) is 5.10 Å². The molecule has 1 fully saturated rings. The van der Waals surface area contributed by atoms with Gasteiger partial charge in [0.25, 0.3) is 0 Å². The molecule has 0 aliphatic carbocycles. The van der Waals surface area contributed by atoms with E-state index in [9.17, 15) is 10.0 Å². The van der Waals surface area contributed by atoms with Crippen LogP contribution >= 0.6 is 0 Å². The first-order valence-electron chi connectivity index (χ1n) is 8.35. The summed E-state index contributed by atoms with van der Waals surface area (Å²) in [4.78, 5) is 20.6. The number of aromatic nitrogens is 2. The molecule has 1 aromatic carbocycles. The maximum atomic E-state index is 12.7. The van der Waals surface area contributed by atoms with Crippen LogP contribution in [0.25, 0.3) is 0 Å². The fraction of sp³-hybridized carbons (Fsp3) is 0.353. The quantitative estimate of drug-likeness (QED) is 0.330. The van der Waals surface area contributed by atoms with Crippen LogP contribution in [0, 0.1) is 0 Å². The zero-order chi connectivity index (χ0) is 18.4. The van der Waals surface area contributed by atoms with Gasteiger partial charge in [0.1, 0.15) is 11.9 Å². The molecular formula is C17H21N7O2. The summed E-state index contributed by atoms with van der Waals surface area (Å²) in [5.41, 5.74) is 11.4. The van der Waals surface area contributed by atoms with Crippen LogP contribution in [0.2, 0.25) is 0 Å². The number of rotatable bonds is 3. The number of carbonyl (C=O) groups excluding carboxylic acids is 1. The molecule has 2 amide bonds. The summed E-state index contributed by atoms with van der Waals surface area (Å²) >= 11 is 0. The summed E-state index contributed by atoms with van der Waals surface area (Å²) in [5, 5.41) is 14.1. The molecule has 26 heavy (non-hydrogen) atoms. The molecule has 9 heteroatoms.